The van der Waals surface area contributed by atoms with Crippen LogP contribution in [-0.4, -0.2) is 22.4 Å². The highest BCUT2D eigenvalue weighted by Crippen LogP contribution is 2.29. The molecule has 3 heteroatoms. The lowest BCUT2D eigenvalue weighted by Gasteiger charge is -2.19. The molecular formula is C13H22O2S. The predicted octanol–water partition coefficient (Wildman–Crippen LogP) is 2.94. The van der Waals surface area contributed by atoms with Crippen molar-refractivity contribution in [3.05, 3.63) is 21.9 Å². The smallest absolute Gasteiger partial charge is 0.0805 e. The molecule has 1 rings (SSSR count). The molecule has 0 radical (unpaired) electrons. The Bertz CT molecular complexity index is 309. The van der Waals surface area contributed by atoms with Gasteiger partial charge in [0.2, 0.25) is 0 Å². The normalized spacial score (nSPS) is 17.1. The van der Waals surface area contributed by atoms with Crippen molar-refractivity contribution in [3.8, 4) is 0 Å². The zero-order chi connectivity index (χ0) is 12.1. The molecule has 0 aromatic carbocycles. The van der Waals surface area contributed by atoms with Crippen LogP contribution in [0.3, 0.4) is 0 Å². The molecule has 3 unspecified atom stereocenters. The zero-order valence-electron chi connectivity index (χ0n) is 10.3. The summed E-state index contributed by atoms with van der Waals surface area (Å²) in [7, 11) is 0. The SMILES string of the molecule is CCc1ccc(C(C)CC(O)C(O)CC)s1. The zero-order valence-corrected chi connectivity index (χ0v) is 11.1. The number of hydrogen-bond donors (Lipinski definition) is 2. The second kappa shape index (κ2) is 6.38. The summed E-state index contributed by atoms with van der Waals surface area (Å²) in [5.74, 6) is 0.321. The minimum atomic E-state index is -0.604. The van der Waals surface area contributed by atoms with Crippen molar-refractivity contribution in [2.75, 3.05) is 0 Å². The van der Waals surface area contributed by atoms with Crippen LogP contribution in [0.2, 0.25) is 0 Å². The van der Waals surface area contributed by atoms with Crippen molar-refractivity contribution >= 4 is 11.3 Å². The van der Waals surface area contributed by atoms with Crippen LogP contribution in [0.15, 0.2) is 12.1 Å². The Balaban J connectivity index is 2.54. The van der Waals surface area contributed by atoms with Gasteiger partial charge in [-0.25, -0.2) is 0 Å². The van der Waals surface area contributed by atoms with E-state index in [1.165, 1.54) is 9.75 Å². The number of thiophene rings is 1. The molecule has 1 heterocycles. The molecule has 0 aliphatic rings. The van der Waals surface area contributed by atoms with Crippen molar-refractivity contribution in [3.63, 3.8) is 0 Å². The van der Waals surface area contributed by atoms with Crippen LogP contribution < -0.4 is 0 Å². The van der Waals surface area contributed by atoms with Gasteiger partial charge in [0.05, 0.1) is 12.2 Å². The molecule has 16 heavy (non-hydrogen) atoms. The van der Waals surface area contributed by atoms with Crippen LogP contribution in [0.4, 0.5) is 0 Å². The Labute approximate surface area is 102 Å². The third kappa shape index (κ3) is 3.58. The van der Waals surface area contributed by atoms with E-state index in [1.54, 1.807) is 0 Å². The lowest BCUT2D eigenvalue weighted by Crippen LogP contribution is -2.26. The van der Waals surface area contributed by atoms with Gasteiger partial charge < -0.3 is 10.2 Å². The predicted molar refractivity (Wildman–Crippen MR) is 69.0 cm³/mol. The molecule has 0 aliphatic heterocycles. The second-order valence-corrected chi connectivity index (χ2v) is 5.54. The summed E-state index contributed by atoms with van der Waals surface area (Å²) >= 11 is 1.81. The average Bonchev–Trinajstić information content (AvgIpc) is 2.76. The van der Waals surface area contributed by atoms with Crippen molar-refractivity contribution in [2.24, 2.45) is 0 Å². The highest BCUT2D eigenvalue weighted by Gasteiger charge is 2.19. The Morgan fingerprint density at radius 3 is 2.38 bits per heavy atom. The standard InChI is InChI=1S/C13H22O2S/c1-4-10-6-7-13(16-10)9(3)8-12(15)11(14)5-2/h6-7,9,11-12,14-15H,4-5,8H2,1-3H3. The Hall–Kier alpha value is -0.380. The Kier molecular flexibility index (Phi) is 5.46. The number of rotatable bonds is 6. The molecule has 0 saturated heterocycles. The van der Waals surface area contributed by atoms with Crippen LogP contribution in [0.5, 0.6) is 0 Å². The molecule has 2 N–H and O–H groups in total. The van der Waals surface area contributed by atoms with E-state index in [0.29, 0.717) is 18.8 Å². The highest BCUT2D eigenvalue weighted by atomic mass is 32.1. The Morgan fingerprint density at radius 1 is 1.19 bits per heavy atom. The minimum absolute atomic E-state index is 0.321. The van der Waals surface area contributed by atoms with Gasteiger partial charge in [-0.1, -0.05) is 20.8 Å². The molecule has 0 aliphatic carbocycles. The fourth-order valence-electron chi connectivity index (χ4n) is 1.76. The summed E-state index contributed by atoms with van der Waals surface area (Å²) in [4.78, 5) is 2.69. The number of aliphatic hydroxyl groups excluding tert-OH is 2. The van der Waals surface area contributed by atoms with Crippen molar-refractivity contribution in [1.82, 2.24) is 0 Å². The van der Waals surface area contributed by atoms with E-state index in [9.17, 15) is 10.2 Å². The Morgan fingerprint density at radius 2 is 1.88 bits per heavy atom. The van der Waals surface area contributed by atoms with Crippen LogP contribution >= 0.6 is 11.3 Å². The molecule has 0 spiro atoms. The van der Waals surface area contributed by atoms with E-state index in [-0.39, 0.29) is 0 Å². The second-order valence-electron chi connectivity index (χ2n) is 4.34. The van der Waals surface area contributed by atoms with Crippen molar-refractivity contribution < 1.29 is 10.2 Å². The van der Waals surface area contributed by atoms with E-state index in [2.05, 4.69) is 26.0 Å². The average molecular weight is 242 g/mol. The van der Waals surface area contributed by atoms with E-state index in [4.69, 9.17) is 0 Å². The monoisotopic (exact) mass is 242 g/mol. The molecule has 0 bridgehead atoms. The fourth-order valence-corrected chi connectivity index (χ4v) is 2.77. The van der Waals surface area contributed by atoms with Gasteiger partial charge in [-0.2, -0.15) is 0 Å². The lowest BCUT2D eigenvalue weighted by molar-refractivity contribution is 0.00970. The van der Waals surface area contributed by atoms with E-state index in [1.807, 2.05) is 18.3 Å². The van der Waals surface area contributed by atoms with Gasteiger partial charge in [0, 0.05) is 9.75 Å². The summed E-state index contributed by atoms with van der Waals surface area (Å²) in [6, 6.07) is 4.29. The van der Waals surface area contributed by atoms with Gasteiger partial charge >= 0.3 is 0 Å². The molecule has 92 valence electrons. The first-order valence-electron chi connectivity index (χ1n) is 6.03. The van der Waals surface area contributed by atoms with Crippen LogP contribution in [0.1, 0.15) is 49.3 Å². The van der Waals surface area contributed by atoms with Crippen LogP contribution in [0.25, 0.3) is 0 Å². The van der Waals surface area contributed by atoms with E-state index >= 15 is 0 Å². The third-order valence-electron chi connectivity index (χ3n) is 2.97. The molecule has 0 fully saturated rings. The van der Waals surface area contributed by atoms with Gasteiger partial charge in [0.15, 0.2) is 0 Å². The van der Waals surface area contributed by atoms with Crippen molar-refractivity contribution in [2.45, 2.75) is 58.2 Å². The molecule has 2 nitrogen and oxygen atoms in total. The largest absolute Gasteiger partial charge is 0.390 e. The van der Waals surface area contributed by atoms with Crippen LogP contribution in [-0.2, 0) is 6.42 Å². The lowest BCUT2D eigenvalue weighted by atomic mass is 9.98. The molecule has 1 aromatic rings. The highest BCUT2D eigenvalue weighted by molar-refractivity contribution is 7.12. The van der Waals surface area contributed by atoms with Gasteiger partial charge in [-0.05, 0) is 37.3 Å². The van der Waals surface area contributed by atoms with Gasteiger partial charge in [-0.15, -0.1) is 11.3 Å². The molecule has 1 aromatic heterocycles. The number of aryl methyl sites for hydroxylation is 1. The molecule has 0 amide bonds. The van der Waals surface area contributed by atoms with E-state index < -0.39 is 12.2 Å². The maximum atomic E-state index is 9.77. The van der Waals surface area contributed by atoms with Crippen molar-refractivity contribution in [1.29, 1.82) is 0 Å². The van der Waals surface area contributed by atoms with E-state index in [0.717, 1.165) is 6.42 Å². The topological polar surface area (TPSA) is 40.5 Å². The first kappa shape index (κ1) is 13.7. The van der Waals surface area contributed by atoms with Gasteiger partial charge in [0.25, 0.3) is 0 Å². The van der Waals surface area contributed by atoms with Gasteiger partial charge in [-0.3, -0.25) is 0 Å². The minimum Gasteiger partial charge on any atom is -0.390 e. The summed E-state index contributed by atoms with van der Waals surface area (Å²) in [6.45, 7) is 6.14. The third-order valence-corrected chi connectivity index (χ3v) is 4.44. The summed E-state index contributed by atoms with van der Waals surface area (Å²) in [5.41, 5.74) is 0. The molecule has 0 saturated carbocycles. The quantitative estimate of drug-likeness (QED) is 0.805. The molecule has 3 atom stereocenters. The number of aliphatic hydroxyl groups is 2. The maximum absolute atomic E-state index is 9.77. The summed E-state index contributed by atoms with van der Waals surface area (Å²) in [6.07, 6.45) is 1.12. The number of hydrogen-bond acceptors (Lipinski definition) is 3. The van der Waals surface area contributed by atoms with Gasteiger partial charge in [0.1, 0.15) is 0 Å². The first-order valence-corrected chi connectivity index (χ1v) is 6.84. The maximum Gasteiger partial charge on any atom is 0.0805 e. The van der Waals surface area contributed by atoms with Crippen LogP contribution in [0, 0.1) is 0 Å². The fraction of sp³-hybridized carbons (Fsp3) is 0.692. The first-order chi connectivity index (χ1) is 7.58. The summed E-state index contributed by atoms with van der Waals surface area (Å²) < 4.78 is 0. The summed E-state index contributed by atoms with van der Waals surface area (Å²) in [5, 5.41) is 19.3. The molecular weight excluding hydrogens is 220 g/mol.